The van der Waals surface area contributed by atoms with Crippen molar-refractivity contribution in [2.24, 2.45) is 0 Å². The van der Waals surface area contributed by atoms with Gasteiger partial charge in [0.1, 0.15) is 5.88 Å². The third kappa shape index (κ3) is 4.75. The highest BCUT2D eigenvalue weighted by Crippen LogP contribution is 2.02. The molecule has 2 amide bonds. The predicted molar refractivity (Wildman–Crippen MR) is 66.9 cm³/mol. The van der Waals surface area contributed by atoms with Gasteiger partial charge in [-0.25, -0.2) is 0 Å². The van der Waals surface area contributed by atoms with Crippen LogP contribution in [-0.2, 0) is 9.59 Å². The minimum Gasteiger partial charge on any atom is -0.352 e. The first-order valence-electron chi connectivity index (χ1n) is 5.61. The lowest BCUT2D eigenvalue weighted by Crippen LogP contribution is -2.51. The average Bonchev–Trinajstić information content (AvgIpc) is 2.36. The summed E-state index contributed by atoms with van der Waals surface area (Å²) in [6.07, 6.45) is 1.65. The quantitative estimate of drug-likeness (QED) is 0.544. The first-order valence-corrected chi connectivity index (χ1v) is 6.14. The summed E-state index contributed by atoms with van der Waals surface area (Å²) in [6.45, 7) is 7.10. The zero-order chi connectivity index (χ0) is 12.7. The van der Waals surface area contributed by atoms with Gasteiger partial charge >= 0.3 is 0 Å². The molecule has 0 atom stereocenters. The molecular weight excluding hydrogens is 242 g/mol. The van der Waals surface area contributed by atoms with Crippen LogP contribution in [0.3, 0.4) is 0 Å². The number of carbonyl (C=O) groups excluding carboxylic acids is 2. The van der Waals surface area contributed by atoms with Gasteiger partial charge in [0.25, 0.3) is 0 Å². The van der Waals surface area contributed by atoms with Crippen molar-refractivity contribution in [2.75, 3.05) is 45.1 Å². The molecule has 0 saturated carbocycles. The molecule has 17 heavy (non-hydrogen) atoms. The molecule has 0 aliphatic carbocycles. The van der Waals surface area contributed by atoms with Crippen molar-refractivity contribution in [3.05, 3.63) is 12.7 Å². The summed E-state index contributed by atoms with van der Waals surface area (Å²) in [5.74, 6) is -0.0238. The molecule has 0 radical (unpaired) electrons. The number of halogens is 1. The minimum atomic E-state index is -0.0394. The smallest absolute Gasteiger partial charge is 0.237 e. The molecule has 1 saturated heterocycles. The van der Waals surface area contributed by atoms with E-state index in [-0.39, 0.29) is 17.7 Å². The molecule has 0 aromatic heterocycles. The van der Waals surface area contributed by atoms with Gasteiger partial charge in [-0.15, -0.1) is 18.2 Å². The number of amides is 2. The Balaban J connectivity index is 2.25. The SMILES string of the molecule is C=CCNC(=O)CN1CCN(C(=O)CCl)CC1. The van der Waals surface area contributed by atoms with E-state index in [0.29, 0.717) is 39.3 Å². The number of alkyl halides is 1. The summed E-state index contributed by atoms with van der Waals surface area (Å²) in [5.41, 5.74) is 0. The molecule has 0 aromatic carbocycles. The van der Waals surface area contributed by atoms with E-state index < -0.39 is 0 Å². The third-order valence-corrected chi connectivity index (χ3v) is 2.88. The fraction of sp³-hybridized carbons (Fsp3) is 0.636. The Bertz CT molecular complexity index is 288. The monoisotopic (exact) mass is 259 g/mol. The third-order valence-electron chi connectivity index (χ3n) is 2.65. The van der Waals surface area contributed by atoms with Gasteiger partial charge in [-0.3, -0.25) is 14.5 Å². The summed E-state index contributed by atoms with van der Waals surface area (Å²) in [4.78, 5) is 26.5. The van der Waals surface area contributed by atoms with Crippen LogP contribution in [0.25, 0.3) is 0 Å². The lowest BCUT2D eigenvalue weighted by Gasteiger charge is -2.33. The van der Waals surface area contributed by atoms with E-state index in [0.717, 1.165) is 0 Å². The number of nitrogens with one attached hydrogen (secondary N) is 1. The predicted octanol–water partition coefficient (Wildman–Crippen LogP) is -0.328. The maximum absolute atomic E-state index is 11.4. The van der Waals surface area contributed by atoms with Crippen molar-refractivity contribution < 1.29 is 9.59 Å². The molecule has 0 bridgehead atoms. The molecule has 1 heterocycles. The zero-order valence-corrected chi connectivity index (χ0v) is 10.6. The normalized spacial score (nSPS) is 16.6. The molecule has 1 rings (SSSR count). The fourth-order valence-electron chi connectivity index (χ4n) is 1.68. The van der Waals surface area contributed by atoms with E-state index in [2.05, 4.69) is 11.9 Å². The van der Waals surface area contributed by atoms with Crippen LogP contribution in [0.5, 0.6) is 0 Å². The molecular formula is C11H18ClN3O2. The van der Waals surface area contributed by atoms with Crippen molar-refractivity contribution in [1.82, 2.24) is 15.1 Å². The average molecular weight is 260 g/mol. The summed E-state index contributed by atoms with van der Waals surface area (Å²) in [5, 5.41) is 2.72. The van der Waals surface area contributed by atoms with Crippen molar-refractivity contribution in [1.29, 1.82) is 0 Å². The molecule has 0 unspecified atom stereocenters. The Hall–Kier alpha value is -1.07. The zero-order valence-electron chi connectivity index (χ0n) is 9.82. The fourth-order valence-corrected chi connectivity index (χ4v) is 1.85. The van der Waals surface area contributed by atoms with E-state index >= 15 is 0 Å². The van der Waals surface area contributed by atoms with Crippen molar-refractivity contribution in [3.8, 4) is 0 Å². The van der Waals surface area contributed by atoms with E-state index in [1.807, 2.05) is 4.90 Å². The Labute approximate surface area is 106 Å². The maximum Gasteiger partial charge on any atom is 0.237 e. The van der Waals surface area contributed by atoms with E-state index in [1.54, 1.807) is 11.0 Å². The van der Waals surface area contributed by atoms with Crippen LogP contribution >= 0.6 is 11.6 Å². The summed E-state index contributed by atoms with van der Waals surface area (Å²) < 4.78 is 0. The van der Waals surface area contributed by atoms with Gasteiger partial charge in [0, 0.05) is 32.7 Å². The van der Waals surface area contributed by atoms with E-state index in [9.17, 15) is 9.59 Å². The molecule has 1 fully saturated rings. The van der Waals surface area contributed by atoms with Crippen LogP contribution in [0.15, 0.2) is 12.7 Å². The summed E-state index contributed by atoms with van der Waals surface area (Å²) in [6, 6.07) is 0. The van der Waals surface area contributed by atoms with E-state index in [1.165, 1.54) is 0 Å². The van der Waals surface area contributed by atoms with Crippen LogP contribution in [0.1, 0.15) is 0 Å². The Morgan fingerprint density at radius 3 is 2.47 bits per heavy atom. The lowest BCUT2D eigenvalue weighted by molar-refractivity contribution is -0.130. The summed E-state index contributed by atoms with van der Waals surface area (Å²) in [7, 11) is 0. The second kappa shape index (κ2) is 7.29. The van der Waals surface area contributed by atoms with Gasteiger partial charge in [-0.2, -0.15) is 0 Å². The number of hydrogen-bond donors (Lipinski definition) is 1. The first-order chi connectivity index (χ1) is 8.17. The lowest BCUT2D eigenvalue weighted by atomic mass is 10.3. The number of nitrogens with zero attached hydrogens (tertiary/aromatic N) is 2. The van der Waals surface area contributed by atoms with Crippen LogP contribution in [0.2, 0.25) is 0 Å². The largest absolute Gasteiger partial charge is 0.352 e. The van der Waals surface area contributed by atoms with Gasteiger partial charge < -0.3 is 10.2 Å². The van der Waals surface area contributed by atoms with Gasteiger partial charge in [0.15, 0.2) is 0 Å². The number of carbonyl (C=O) groups is 2. The van der Waals surface area contributed by atoms with Crippen LogP contribution in [-0.4, -0.2) is 66.8 Å². The van der Waals surface area contributed by atoms with Crippen molar-refractivity contribution in [2.45, 2.75) is 0 Å². The van der Waals surface area contributed by atoms with Crippen LogP contribution in [0.4, 0.5) is 0 Å². The standard InChI is InChI=1S/C11H18ClN3O2/c1-2-3-13-10(16)9-14-4-6-15(7-5-14)11(17)8-12/h2H,1,3-9H2,(H,13,16). The van der Waals surface area contributed by atoms with Gasteiger partial charge in [0.2, 0.25) is 11.8 Å². The highest BCUT2D eigenvalue weighted by atomic mass is 35.5. The highest BCUT2D eigenvalue weighted by molar-refractivity contribution is 6.27. The molecule has 1 aliphatic rings. The minimum absolute atomic E-state index is 0.0120. The highest BCUT2D eigenvalue weighted by Gasteiger charge is 2.21. The van der Waals surface area contributed by atoms with Crippen LogP contribution < -0.4 is 5.32 Å². The Kier molecular flexibility index (Phi) is 6.00. The topological polar surface area (TPSA) is 52.7 Å². The molecule has 5 nitrogen and oxygen atoms in total. The number of piperazine rings is 1. The molecule has 0 aromatic rings. The van der Waals surface area contributed by atoms with Gasteiger partial charge in [0.05, 0.1) is 6.54 Å². The first kappa shape index (κ1) is 14.0. The maximum atomic E-state index is 11.4. The molecule has 6 heteroatoms. The van der Waals surface area contributed by atoms with Crippen molar-refractivity contribution in [3.63, 3.8) is 0 Å². The van der Waals surface area contributed by atoms with Gasteiger partial charge in [-0.1, -0.05) is 6.08 Å². The molecule has 96 valence electrons. The Morgan fingerprint density at radius 1 is 1.29 bits per heavy atom. The second-order valence-electron chi connectivity index (χ2n) is 3.88. The molecule has 0 spiro atoms. The summed E-state index contributed by atoms with van der Waals surface area (Å²) >= 11 is 5.48. The number of hydrogen-bond acceptors (Lipinski definition) is 3. The van der Waals surface area contributed by atoms with Crippen molar-refractivity contribution >= 4 is 23.4 Å². The second-order valence-corrected chi connectivity index (χ2v) is 4.15. The van der Waals surface area contributed by atoms with Gasteiger partial charge in [-0.05, 0) is 0 Å². The Morgan fingerprint density at radius 2 is 1.94 bits per heavy atom. The molecule has 1 aliphatic heterocycles. The number of rotatable bonds is 5. The molecule has 1 N–H and O–H groups in total. The van der Waals surface area contributed by atoms with E-state index in [4.69, 9.17) is 11.6 Å². The van der Waals surface area contributed by atoms with Crippen LogP contribution in [0, 0.1) is 0 Å².